The number of hydrogen-bond acceptors (Lipinski definition) is 5. The zero-order valence-electron chi connectivity index (χ0n) is 9.39. The van der Waals surface area contributed by atoms with E-state index >= 15 is 0 Å². The van der Waals surface area contributed by atoms with Gasteiger partial charge in [0.1, 0.15) is 18.0 Å². The lowest BCUT2D eigenvalue weighted by atomic mass is 10.3. The maximum Gasteiger partial charge on any atom is 0.191 e. The van der Waals surface area contributed by atoms with Crippen molar-refractivity contribution in [3.63, 3.8) is 0 Å². The Kier molecular flexibility index (Phi) is 2.55. The van der Waals surface area contributed by atoms with Crippen LogP contribution in [0, 0.1) is 13.8 Å². The minimum Gasteiger partial charge on any atom is -0.444 e. The van der Waals surface area contributed by atoms with Gasteiger partial charge in [0.2, 0.25) is 0 Å². The molecule has 0 saturated carbocycles. The molecule has 0 unspecified atom stereocenters. The van der Waals surface area contributed by atoms with E-state index in [0.29, 0.717) is 18.1 Å². The van der Waals surface area contributed by atoms with Crippen molar-refractivity contribution in [1.82, 2.24) is 20.0 Å². The number of rotatable bonds is 3. The van der Waals surface area contributed by atoms with Gasteiger partial charge < -0.3 is 4.42 Å². The molecule has 0 fully saturated rings. The highest BCUT2D eigenvalue weighted by molar-refractivity contribution is 5.91. The topological polar surface area (TPSA) is 73.8 Å². The molecule has 2 rings (SSSR count). The second-order valence-electron chi connectivity index (χ2n) is 3.60. The van der Waals surface area contributed by atoms with Crippen LogP contribution in [0.1, 0.15) is 34.8 Å². The zero-order valence-corrected chi connectivity index (χ0v) is 9.39. The first-order valence-electron chi connectivity index (χ1n) is 4.90. The van der Waals surface area contributed by atoms with Gasteiger partial charge in [-0.25, -0.2) is 9.67 Å². The monoisotopic (exact) mass is 220 g/mol. The van der Waals surface area contributed by atoms with Crippen LogP contribution in [0.3, 0.4) is 0 Å². The summed E-state index contributed by atoms with van der Waals surface area (Å²) in [5.41, 5.74) is 1.19. The molecule has 0 atom stereocenters. The molecule has 0 aliphatic rings. The van der Waals surface area contributed by atoms with Gasteiger partial charge in [-0.05, 0) is 6.92 Å². The Hall–Kier alpha value is -1.98. The number of ketones is 1. The Balaban J connectivity index is 2.20. The van der Waals surface area contributed by atoms with Gasteiger partial charge in [-0.3, -0.25) is 4.79 Å². The van der Waals surface area contributed by atoms with Gasteiger partial charge in [0.05, 0.1) is 11.9 Å². The van der Waals surface area contributed by atoms with Crippen molar-refractivity contribution in [2.45, 2.75) is 27.3 Å². The van der Waals surface area contributed by atoms with E-state index in [4.69, 9.17) is 4.42 Å². The molecule has 0 spiro atoms. The summed E-state index contributed by atoms with van der Waals surface area (Å²) in [5, 5.41) is 7.59. The molecule has 0 aliphatic carbocycles. The highest BCUT2D eigenvalue weighted by atomic mass is 16.4. The highest BCUT2D eigenvalue weighted by Crippen LogP contribution is 2.10. The first-order chi connectivity index (χ1) is 7.56. The summed E-state index contributed by atoms with van der Waals surface area (Å²) in [6.45, 7) is 5.55. The lowest BCUT2D eigenvalue weighted by Gasteiger charge is -1.96. The molecule has 6 heteroatoms. The van der Waals surface area contributed by atoms with Gasteiger partial charge in [-0.15, -0.1) is 5.10 Å². The second kappa shape index (κ2) is 3.88. The van der Waals surface area contributed by atoms with Crippen molar-refractivity contribution in [1.29, 1.82) is 0 Å². The zero-order chi connectivity index (χ0) is 11.7. The van der Waals surface area contributed by atoms with Gasteiger partial charge >= 0.3 is 0 Å². The molecule has 2 heterocycles. The maximum atomic E-state index is 11.0. The van der Waals surface area contributed by atoms with Crippen LogP contribution in [0.25, 0.3) is 0 Å². The molecule has 0 bridgehead atoms. The van der Waals surface area contributed by atoms with E-state index in [1.807, 2.05) is 6.92 Å². The number of aromatic nitrogens is 4. The van der Waals surface area contributed by atoms with Crippen molar-refractivity contribution in [3.8, 4) is 0 Å². The number of carbonyl (C=O) groups excluding carboxylic acids is 1. The van der Waals surface area contributed by atoms with Crippen molar-refractivity contribution in [3.05, 3.63) is 29.2 Å². The molecule has 0 saturated heterocycles. The van der Waals surface area contributed by atoms with E-state index < -0.39 is 0 Å². The lowest BCUT2D eigenvalue weighted by Crippen LogP contribution is -2.00. The highest BCUT2D eigenvalue weighted by Gasteiger charge is 2.10. The van der Waals surface area contributed by atoms with Crippen molar-refractivity contribution >= 4 is 5.78 Å². The number of Topliss-reactive ketones (excluding diaryl/α,β-unsaturated/α-hetero) is 1. The lowest BCUT2D eigenvalue weighted by molar-refractivity contribution is 0.101. The third kappa shape index (κ3) is 2.00. The largest absolute Gasteiger partial charge is 0.444 e. The fourth-order valence-electron chi connectivity index (χ4n) is 1.40. The smallest absolute Gasteiger partial charge is 0.191 e. The minimum absolute atomic E-state index is 0.100. The molecule has 16 heavy (non-hydrogen) atoms. The molecule has 0 amide bonds. The maximum absolute atomic E-state index is 11.0. The fraction of sp³-hybridized carbons (Fsp3) is 0.400. The Morgan fingerprint density at radius 1 is 1.50 bits per heavy atom. The Bertz CT molecular complexity index is 527. The molecule has 0 aromatic carbocycles. The first-order valence-corrected chi connectivity index (χ1v) is 4.90. The van der Waals surface area contributed by atoms with E-state index in [9.17, 15) is 4.79 Å². The van der Waals surface area contributed by atoms with Crippen molar-refractivity contribution in [2.75, 3.05) is 0 Å². The summed E-state index contributed by atoms with van der Waals surface area (Å²) in [5.74, 6) is 1.26. The quantitative estimate of drug-likeness (QED) is 0.725. The summed E-state index contributed by atoms with van der Waals surface area (Å²) >= 11 is 0. The number of hydrogen-bond donors (Lipinski definition) is 0. The Labute approximate surface area is 92.3 Å². The van der Waals surface area contributed by atoms with Gasteiger partial charge in [0, 0.05) is 13.8 Å². The fourth-order valence-corrected chi connectivity index (χ4v) is 1.40. The summed E-state index contributed by atoms with van der Waals surface area (Å²) in [4.78, 5) is 15.2. The second-order valence-corrected chi connectivity index (χ2v) is 3.60. The third-order valence-electron chi connectivity index (χ3n) is 2.20. The molecule has 0 N–H and O–H groups in total. The van der Waals surface area contributed by atoms with E-state index in [0.717, 1.165) is 11.5 Å². The van der Waals surface area contributed by atoms with Crippen LogP contribution in [0.5, 0.6) is 0 Å². The van der Waals surface area contributed by atoms with Gasteiger partial charge in [-0.2, -0.15) is 0 Å². The average molecular weight is 220 g/mol. The summed E-state index contributed by atoms with van der Waals surface area (Å²) in [6.07, 6.45) is 1.60. The summed E-state index contributed by atoms with van der Waals surface area (Å²) in [6, 6.07) is 0. The van der Waals surface area contributed by atoms with Crippen LogP contribution in [0.4, 0.5) is 0 Å². The van der Waals surface area contributed by atoms with Crippen molar-refractivity contribution < 1.29 is 9.21 Å². The molecule has 0 aliphatic heterocycles. The molecule has 2 aromatic heterocycles. The van der Waals surface area contributed by atoms with Crippen LogP contribution >= 0.6 is 0 Å². The van der Waals surface area contributed by atoms with Crippen LogP contribution in [0.2, 0.25) is 0 Å². The predicted molar refractivity (Wildman–Crippen MR) is 55.1 cm³/mol. The van der Waals surface area contributed by atoms with E-state index in [2.05, 4.69) is 15.3 Å². The van der Waals surface area contributed by atoms with Crippen LogP contribution in [-0.2, 0) is 6.54 Å². The third-order valence-corrected chi connectivity index (χ3v) is 2.20. The Morgan fingerprint density at radius 3 is 2.75 bits per heavy atom. The molecule has 0 radical (unpaired) electrons. The van der Waals surface area contributed by atoms with E-state index in [1.165, 1.54) is 6.92 Å². The van der Waals surface area contributed by atoms with Gasteiger partial charge in [0.15, 0.2) is 11.7 Å². The molecule has 6 nitrogen and oxygen atoms in total. The van der Waals surface area contributed by atoms with Gasteiger partial charge in [-0.1, -0.05) is 5.21 Å². The van der Waals surface area contributed by atoms with Crippen LogP contribution in [0.15, 0.2) is 10.6 Å². The molecule has 84 valence electrons. The number of oxazole rings is 1. The minimum atomic E-state index is -0.100. The van der Waals surface area contributed by atoms with Crippen molar-refractivity contribution in [2.24, 2.45) is 0 Å². The van der Waals surface area contributed by atoms with E-state index in [-0.39, 0.29) is 5.78 Å². The number of aryl methyl sites for hydroxylation is 2. The van der Waals surface area contributed by atoms with Crippen LogP contribution < -0.4 is 0 Å². The Morgan fingerprint density at radius 2 is 2.25 bits per heavy atom. The predicted octanol–water partition coefficient (Wildman–Crippen LogP) is 1.13. The molecule has 2 aromatic rings. The van der Waals surface area contributed by atoms with Crippen LogP contribution in [-0.4, -0.2) is 25.8 Å². The number of carbonyl (C=O) groups is 1. The summed E-state index contributed by atoms with van der Waals surface area (Å²) in [7, 11) is 0. The SMILES string of the molecule is CC(=O)c1cn(Cc2oc(C)nc2C)nn1. The van der Waals surface area contributed by atoms with E-state index in [1.54, 1.807) is 17.8 Å². The number of nitrogens with zero attached hydrogens (tertiary/aromatic N) is 4. The molecular weight excluding hydrogens is 208 g/mol. The summed E-state index contributed by atoms with van der Waals surface area (Å²) < 4.78 is 6.96. The average Bonchev–Trinajstić information content (AvgIpc) is 2.75. The normalized spacial score (nSPS) is 10.7. The standard InChI is InChI=1S/C10H12N4O2/c1-6-10(16-8(3)11-6)5-14-4-9(7(2)15)12-13-14/h4H,5H2,1-3H3. The first kappa shape index (κ1) is 10.5. The molecular formula is C10H12N4O2. The van der Waals surface area contributed by atoms with Gasteiger partial charge in [0.25, 0.3) is 0 Å².